The third-order valence-electron chi connectivity index (χ3n) is 6.26. The van der Waals surface area contributed by atoms with Crippen molar-refractivity contribution in [1.29, 1.82) is 0 Å². The highest BCUT2D eigenvalue weighted by Gasteiger charge is 2.32. The van der Waals surface area contributed by atoms with Crippen LogP contribution in [0.25, 0.3) is 0 Å². The molecule has 1 aromatic heterocycles. The zero-order chi connectivity index (χ0) is 19.3. The van der Waals surface area contributed by atoms with Crippen molar-refractivity contribution in [3.05, 3.63) is 53.9 Å². The molecule has 2 saturated heterocycles. The SMILES string of the molecule is COc1ccc([C@H]2CCCCCN2C(=O)CN2CCC[C@H]2c2ccc[nH]2)cc1. The maximum Gasteiger partial charge on any atom is 0.237 e. The van der Waals surface area contributed by atoms with E-state index in [2.05, 4.69) is 33.0 Å². The first kappa shape index (κ1) is 19.1. The van der Waals surface area contributed by atoms with Crippen molar-refractivity contribution in [3.8, 4) is 5.75 Å². The number of aromatic amines is 1. The molecule has 0 spiro atoms. The minimum absolute atomic E-state index is 0.174. The number of methoxy groups -OCH3 is 1. The van der Waals surface area contributed by atoms with Gasteiger partial charge in [0, 0.05) is 18.4 Å². The number of likely N-dealkylation sites (tertiary alicyclic amines) is 2. The highest BCUT2D eigenvalue weighted by atomic mass is 16.5. The summed E-state index contributed by atoms with van der Waals surface area (Å²) in [6.45, 7) is 2.36. The van der Waals surface area contributed by atoms with Gasteiger partial charge in [-0.15, -0.1) is 0 Å². The summed E-state index contributed by atoms with van der Waals surface area (Å²) in [4.78, 5) is 21.2. The fraction of sp³-hybridized carbons (Fsp3) is 0.522. The standard InChI is InChI=1S/C23H31N3O2/c1-28-19-12-10-18(11-13-19)21-8-3-2-4-16-26(21)23(27)17-25-15-6-9-22(25)20-7-5-14-24-20/h5,7,10-14,21-22,24H,2-4,6,8-9,15-17H2,1H3/t21-,22+/m1/s1. The first-order valence-corrected chi connectivity index (χ1v) is 10.6. The van der Waals surface area contributed by atoms with Crippen LogP contribution in [0.4, 0.5) is 0 Å². The molecule has 5 nitrogen and oxygen atoms in total. The number of carbonyl (C=O) groups excluding carboxylic acids is 1. The Morgan fingerprint density at radius 2 is 1.86 bits per heavy atom. The van der Waals surface area contributed by atoms with E-state index >= 15 is 0 Å². The molecule has 2 aliphatic rings. The van der Waals surface area contributed by atoms with Crippen LogP contribution in [-0.2, 0) is 4.79 Å². The van der Waals surface area contributed by atoms with Gasteiger partial charge in [-0.25, -0.2) is 0 Å². The maximum absolute atomic E-state index is 13.4. The molecule has 0 saturated carbocycles. The summed E-state index contributed by atoms with van der Waals surface area (Å²) in [6, 6.07) is 12.9. The molecule has 150 valence electrons. The van der Waals surface area contributed by atoms with Crippen molar-refractivity contribution in [2.45, 2.75) is 50.6 Å². The van der Waals surface area contributed by atoms with Gasteiger partial charge in [-0.3, -0.25) is 9.69 Å². The van der Waals surface area contributed by atoms with Crippen LogP contribution >= 0.6 is 0 Å². The molecule has 0 bridgehead atoms. The second-order valence-electron chi connectivity index (χ2n) is 7.98. The van der Waals surface area contributed by atoms with E-state index in [1.165, 1.54) is 24.1 Å². The number of aromatic nitrogens is 1. The smallest absolute Gasteiger partial charge is 0.237 e. The average molecular weight is 382 g/mol. The first-order chi connectivity index (χ1) is 13.8. The fourth-order valence-electron chi connectivity index (χ4n) is 4.76. The zero-order valence-electron chi connectivity index (χ0n) is 16.8. The minimum Gasteiger partial charge on any atom is -0.497 e. The Hall–Kier alpha value is -2.27. The Morgan fingerprint density at radius 1 is 1.04 bits per heavy atom. The number of carbonyl (C=O) groups is 1. The average Bonchev–Trinajstić information content (AvgIpc) is 3.34. The molecular weight excluding hydrogens is 350 g/mol. The molecule has 3 heterocycles. The molecule has 2 fully saturated rings. The summed E-state index contributed by atoms with van der Waals surface area (Å²) in [5.74, 6) is 1.13. The van der Waals surface area contributed by atoms with Crippen LogP contribution in [0, 0.1) is 0 Å². The first-order valence-electron chi connectivity index (χ1n) is 10.6. The topological polar surface area (TPSA) is 48.6 Å². The number of nitrogens with one attached hydrogen (secondary N) is 1. The Morgan fingerprint density at radius 3 is 2.61 bits per heavy atom. The van der Waals surface area contributed by atoms with Crippen LogP contribution in [0.1, 0.15) is 61.9 Å². The van der Waals surface area contributed by atoms with Crippen molar-refractivity contribution >= 4 is 5.91 Å². The lowest BCUT2D eigenvalue weighted by Crippen LogP contribution is -2.42. The van der Waals surface area contributed by atoms with Crippen molar-refractivity contribution < 1.29 is 9.53 Å². The second kappa shape index (κ2) is 8.82. The van der Waals surface area contributed by atoms with Gasteiger partial charge in [-0.1, -0.05) is 25.0 Å². The van der Waals surface area contributed by atoms with Crippen LogP contribution in [0.15, 0.2) is 42.6 Å². The van der Waals surface area contributed by atoms with Crippen molar-refractivity contribution in [2.24, 2.45) is 0 Å². The lowest BCUT2D eigenvalue weighted by Gasteiger charge is -2.33. The summed E-state index contributed by atoms with van der Waals surface area (Å²) < 4.78 is 5.30. The number of ether oxygens (including phenoxy) is 1. The predicted molar refractivity (Wildman–Crippen MR) is 110 cm³/mol. The number of amides is 1. The van der Waals surface area contributed by atoms with Crippen LogP contribution < -0.4 is 4.74 Å². The van der Waals surface area contributed by atoms with Gasteiger partial charge in [0.05, 0.1) is 25.7 Å². The van der Waals surface area contributed by atoms with Gasteiger partial charge in [0.25, 0.3) is 0 Å². The normalized spacial score (nSPS) is 23.5. The Bertz CT molecular complexity index is 757. The zero-order valence-corrected chi connectivity index (χ0v) is 16.8. The molecule has 0 aliphatic carbocycles. The molecule has 2 aliphatic heterocycles. The molecule has 0 unspecified atom stereocenters. The number of H-pyrrole nitrogens is 1. The van der Waals surface area contributed by atoms with Gasteiger partial charge < -0.3 is 14.6 Å². The molecule has 1 aromatic carbocycles. The number of benzene rings is 1. The van der Waals surface area contributed by atoms with Gasteiger partial charge in [0.15, 0.2) is 0 Å². The van der Waals surface area contributed by atoms with Crippen LogP contribution in [0.5, 0.6) is 5.75 Å². The molecule has 28 heavy (non-hydrogen) atoms. The molecule has 2 aromatic rings. The van der Waals surface area contributed by atoms with E-state index in [0.717, 1.165) is 44.5 Å². The number of rotatable bonds is 5. The second-order valence-corrected chi connectivity index (χ2v) is 7.98. The van der Waals surface area contributed by atoms with E-state index < -0.39 is 0 Å². The van der Waals surface area contributed by atoms with Crippen LogP contribution in [0.3, 0.4) is 0 Å². The Balaban J connectivity index is 1.49. The predicted octanol–water partition coefficient (Wildman–Crippen LogP) is 4.30. The van der Waals surface area contributed by atoms with Gasteiger partial charge >= 0.3 is 0 Å². The highest BCUT2D eigenvalue weighted by molar-refractivity contribution is 5.79. The summed E-state index contributed by atoms with van der Waals surface area (Å²) in [7, 11) is 1.69. The summed E-state index contributed by atoms with van der Waals surface area (Å²) in [6.07, 6.45) is 8.76. The van der Waals surface area contributed by atoms with E-state index in [-0.39, 0.29) is 11.9 Å². The Labute approximate surface area is 167 Å². The molecule has 5 heteroatoms. The van der Waals surface area contributed by atoms with Gasteiger partial charge in [0.1, 0.15) is 5.75 Å². The summed E-state index contributed by atoms with van der Waals surface area (Å²) >= 11 is 0. The van der Waals surface area contributed by atoms with Gasteiger partial charge in [-0.05, 0) is 62.1 Å². The number of nitrogens with zero attached hydrogens (tertiary/aromatic N) is 2. The molecule has 0 radical (unpaired) electrons. The van der Waals surface area contributed by atoms with Crippen LogP contribution in [0.2, 0.25) is 0 Å². The van der Waals surface area contributed by atoms with E-state index in [4.69, 9.17) is 4.74 Å². The number of hydrogen-bond donors (Lipinski definition) is 1. The minimum atomic E-state index is 0.174. The van der Waals surface area contributed by atoms with Crippen molar-refractivity contribution in [3.63, 3.8) is 0 Å². The Kier molecular flexibility index (Phi) is 6.01. The summed E-state index contributed by atoms with van der Waals surface area (Å²) in [5, 5.41) is 0. The van der Waals surface area contributed by atoms with Crippen molar-refractivity contribution in [1.82, 2.24) is 14.8 Å². The lowest BCUT2D eigenvalue weighted by molar-refractivity contribution is -0.135. The quantitative estimate of drug-likeness (QED) is 0.840. The molecule has 2 atom stereocenters. The van der Waals surface area contributed by atoms with E-state index in [0.29, 0.717) is 12.6 Å². The van der Waals surface area contributed by atoms with E-state index in [1.54, 1.807) is 7.11 Å². The van der Waals surface area contributed by atoms with Gasteiger partial charge in [0.2, 0.25) is 5.91 Å². The molecule has 1 N–H and O–H groups in total. The molecule has 4 rings (SSSR count). The fourth-order valence-corrected chi connectivity index (χ4v) is 4.76. The van der Waals surface area contributed by atoms with E-state index in [1.807, 2.05) is 24.4 Å². The number of hydrogen-bond acceptors (Lipinski definition) is 3. The third kappa shape index (κ3) is 4.09. The van der Waals surface area contributed by atoms with Crippen molar-refractivity contribution in [2.75, 3.05) is 26.7 Å². The van der Waals surface area contributed by atoms with E-state index in [9.17, 15) is 4.79 Å². The maximum atomic E-state index is 13.4. The van der Waals surface area contributed by atoms with Gasteiger partial charge in [-0.2, -0.15) is 0 Å². The monoisotopic (exact) mass is 381 g/mol. The summed E-state index contributed by atoms with van der Waals surface area (Å²) in [5.41, 5.74) is 2.45. The third-order valence-corrected chi connectivity index (χ3v) is 6.26. The van der Waals surface area contributed by atoms with Crippen LogP contribution in [-0.4, -0.2) is 47.4 Å². The largest absolute Gasteiger partial charge is 0.497 e. The highest BCUT2D eigenvalue weighted by Crippen LogP contribution is 2.34. The molecule has 1 amide bonds. The molecular formula is C23H31N3O2. The lowest BCUT2D eigenvalue weighted by atomic mass is 10.0.